The molecule has 2 radical (unpaired) electrons. The van der Waals surface area contributed by atoms with Gasteiger partial charge in [-0.1, -0.05) is 0 Å². The molecule has 0 N–H and O–H groups in total. The number of carbonyl (C=O) groups excluding carboxylic acids is 1. The van der Waals surface area contributed by atoms with Crippen LogP contribution in [0.5, 0.6) is 0 Å². The number of hydrogen-bond donors (Lipinski definition) is 0. The molecule has 0 spiro atoms. The number of likely N-dealkylation sites (tertiary alicyclic amines) is 1. The van der Waals surface area contributed by atoms with Crippen molar-refractivity contribution in [1.82, 2.24) is 9.80 Å². The summed E-state index contributed by atoms with van der Waals surface area (Å²) in [5.74, 6) is -0.264. The summed E-state index contributed by atoms with van der Waals surface area (Å²) >= 11 is 0. The van der Waals surface area contributed by atoms with E-state index < -0.39 is 0 Å². The van der Waals surface area contributed by atoms with E-state index in [4.69, 9.17) is 7.85 Å². The smallest absolute Gasteiger partial charge is 0.200 e. The van der Waals surface area contributed by atoms with Crippen molar-refractivity contribution in [3.05, 3.63) is 0 Å². The van der Waals surface area contributed by atoms with E-state index in [9.17, 15) is 4.79 Å². The highest BCUT2D eigenvalue weighted by Gasteiger charge is 2.37. The van der Waals surface area contributed by atoms with E-state index in [2.05, 4.69) is 11.9 Å². The topological polar surface area (TPSA) is 23.6 Å². The first kappa shape index (κ1) is 8.11. The van der Waals surface area contributed by atoms with Gasteiger partial charge in [0.1, 0.15) is 0 Å². The molecule has 2 unspecified atom stereocenters. The molecule has 2 heterocycles. The van der Waals surface area contributed by atoms with Crippen molar-refractivity contribution in [3.8, 4) is 0 Å². The minimum absolute atomic E-state index is 0.264. The predicted molar refractivity (Wildman–Crippen MR) is 47.3 cm³/mol. The highest BCUT2D eigenvalue weighted by Crippen LogP contribution is 2.27. The first-order valence-corrected chi connectivity index (χ1v) is 4.45. The summed E-state index contributed by atoms with van der Waals surface area (Å²) < 4.78 is 0. The number of nitrogens with zero attached hydrogens (tertiary/aromatic N) is 2. The van der Waals surface area contributed by atoms with E-state index in [0.717, 1.165) is 13.1 Å². The summed E-state index contributed by atoms with van der Waals surface area (Å²) in [7, 11) is 7.37. The fourth-order valence-electron chi connectivity index (χ4n) is 2.29. The van der Waals surface area contributed by atoms with Crippen molar-refractivity contribution in [1.29, 1.82) is 0 Å². The monoisotopic (exact) mass is 164 g/mol. The predicted octanol–water partition coefficient (Wildman–Crippen LogP) is 0.0533. The van der Waals surface area contributed by atoms with Gasteiger partial charge in [0.25, 0.3) is 0 Å². The standard InChI is InChI=1S/C8H13BN2O/c1-10-6-2-3-7(10)5-11(4-6)8(9)12/h6-7H,2-5H2,1H3. The van der Waals surface area contributed by atoms with Crippen LogP contribution >= 0.6 is 0 Å². The fraction of sp³-hybridized carbons (Fsp3) is 0.875. The third-order valence-electron chi connectivity index (χ3n) is 3.16. The maximum absolute atomic E-state index is 10.9. The number of rotatable bonds is 0. The number of carbonyl (C=O) groups is 1. The summed E-state index contributed by atoms with van der Waals surface area (Å²) in [6.45, 7) is 1.64. The molecule has 12 heavy (non-hydrogen) atoms. The molecule has 2 rings (SSSR count). The summed E-state index contributed by atoms with van der Waals surface area (Å²) in [4.78, 5) is 15.1. The van der Waals surface area contributed by atoms with Crippen molar-refractivity contribution in [2.45, 2.75) is 24.9 Å². The molecule has 0 aromatic rings. The van der Waals surface area contributed by atoms with Crippen LogP contribution in [-0.4, -0.2) is 55.7 Å². The van der Waals surface area contributed by atoms with E-state index in [1.54, 1.807) is 4.90 Å². The Hall–Kier alpha value is -0.505. The second-order valence-electron chi connectivity index (χ2n) is 3.79. The Bertz CT molecular complexity index is 195. The summed E-state index contributed by atoms with van der Waals surface area (Å²) in [5, 5.41) is 0. The molecule has 2 aliphatic heterocycles. The Labute approximate surface area is 74.1 Å². The Morgan fingerprint density at radius 3 is 2.25 bits per heavy atom. The van der Waals surface area contributed by atoms with E-state index in [1.165, 1.54) is 12.8 Å². The normalized spacial score (nSPS) is 35.6. The lowest BCUT2D eigenvalue weighted by atomic mass is 10.1. The van der Waals surface area contributed by atoms with Gasteiger partial charge in [-0.2, -0.15) is 0 Å². The first-order valence-electron chi connectivity index (χ1n) is 4.45. The Kier molecular flexibility index (Phi) is 1.87. The summed E-state index contributed by atoms with van der Waals surface area (Å²) in [6, 6.07) is 1.10. The number of hydrogen-bond acceptors (Lipinski definition) is 2. The third kappa shape index (κ3) is 1.14. The van der Waals surface area contributed by atoms with E-state index in [0.29, 0.717) is 12.1 Å². The van der Waals surface area contributed by atoms with E-state index >= 15 is 0 Å². The van der Waals surface area contributed by atoms with Gasteiger partial charge in [0.05, 0.1) is 0 Å². The van der Waals surface area contributed by atoms with Gasteiger partial charge in [0, 0.05) is 25.2 Å². The second kappa shape index (κ2) is 2.77. The van der Waals surface area contributed by atoms with E-state index in [-0.39, 0.29) is 5.81 Å². The number of fused-ring (bicyclic) bond motifs is 2. The van der Waals surface area contributed by atoms with Gasteiger partial charge in [-0.25, -0.2) is 0 Å². The average molecular weight is 164 g/mol. The van der Waals surface area contributed by atoms with Crippen molar-refractivity contribution in [2.75, 3.05) is 20.1 Å². The zero-order valence-corrected chi connectivity index (χ0v) is 7.36. The molecule has 2 atom stereocenters. The van der Waals surface area contributed by atoms with Crippen LogP contribution in [0.3, 0.4) is 0 Å². The highest BCUT2D eigenvalue weighted by molar-refractivity contribution is 6.56. The molecule has 1 amide bonds. The zero-order valence-electron chi connectivity index (χ0n) is 7.36. The van der Waals surface area contributed by atoms with Crippen LogP contribution in [0.1, 0.15) is 12.8 Å². The molecule has 2 fully saturated rings. The molecule has 2 aliphatic rings. The molecule has 3 nitrogen and oxygen atoms in total. The molecule has 0 aromatic heterocycles. The molecule has 2 saturated heterocycles. The lowest BCUT2D eigenvalue weighted by Gasteiger charge is -2.38. The molecule has 0 saturated carbocycles. The van der Waals surface area contributed by atoms with Gasteiger partial charge in [-0.15, -0.1) is 0 Å². The molecule has 0 aliphatic carbocycles. The third-order valence-corrected chi connectivity index (χ3v) is 3.16. The van der Waals surface area contributed by atoms with Gasteiger partial charge in [-0.05, 0) is 19.9 Å². The van der Waals surface area contributed by atoms with Gasteiger partial charge in [0.15, 0.2) is 5.81 Å². The lowest BCUT2D eigenvalue weighted by Crippen LogP contribution is -2.53. The molecular weight excluding hydrogens is 151 g/mol. The minimum Gasteiger partial charge on any atom is -0.349 e. The first-order chi connectivity index (χ1) is 5.68. The number of amides is 1. The van der Waals surface area contributed by atoms with E-state index in [1.807, 2.05) is 0 Å². The van der Waals surface area contributed by atoms with Crippen LogP contribution in [0.25, 0.3) is 0 Å². The molecule has 64 valence electrons. The minimum atomic E-state index is -0.264. The van der Waals surface area contributed by atoms with Gasteiger partial charge >= 0.3 is 0 Å². The maximum Gasteiger partial charge on any atom is 0.200 e. The summed E-state index contributed by atoms with van der Waals surface area (Å²) in [5.41, 5.74) is 0. The molecular formula is C8H13BN2O. The number of likely N-dealkylation sites (N-methyl/N-ethyl adjacent to an activating group) is 1. The van der Waals surface area contributed by atoms with Crippen LogP contribution in [0.4, 0.5) is 4.79 Å². The largest absolute Gasteiger partial charge is 0.349 e. The highest BCUT2D eigenvalue weighted by atomic mass is 16.1. The van der Waals surface area contributed by atoms with Gasteiger partial charge in [-0.3, -0.25) is 9.69 Å². The van der Waals surface area contributed by atoms with Crippen molar-refractivity contribution >= 4 is 13.7 Å². The average Bonchev–Trinajstić information content (AvgIpc) is 2.30. The fourth-order valence-corrected chi connectivity index (χ4v) is 2.29. The van der Waals surface area contributed by atoms with Crippen LogP contribution < -0.4 is 0 Å². The Morgan fingerprint density at radius 1 is 1.33 bits per heavy atom. The van der Waals surface area contributed by atoms with Crippen LogP contribution in [0.15, 0.2) is 0 Å². The van der Waals surface area contributed by atoms with Gasteiger partial charge < -0.3 is 4.90 Å². The SMILES string of the molecule is [B]C(=O)N1CC2CCC(C1)N2C. The molecule has 4 heteroatoms. The van der Waals surface area contributed by atoms with Crippen molar-refractivity contribution in [2.24, 2.45) is 0 Å². The lowest BCUT2D eigenvalue weighted by molar-refractivity contribution is 0.114. The van der Waals surface area contributed by atoms with Gasteiger partial charge in [0.2, 0.25) is 7.85 Å². The van der Waals surface area contributed by atoms with Crippen LogP contribution in [0.2, 0.25) is 0 Å². The molecule has 0 aromatic carbocycles. The molecule has 2 bridgehead atoms. The quantitative estimate of drug-likeness (QED) is 0.472. The maximum atomic E-state index is 10.9. The zero-order chi connectivity index (χ0) is 8.72. The van der Waals surface area contributed by atoms with Crippen LogP contribution in [-0.2, 0) is 0 Å². The summed E-state index contributed by atoms with van der Waals surface area (Å²) in [6.07, 6.45) is 2.43. The second-order valence-corrected chi connectivity index (χ2v) is 3.79. The Morgan fingerprint density at radius 2 is 1.83 bits per heavy atom. The number of piperazine rings is 1. The van der Waals surface area contributed by atoms with Crippen molar-refractivity contribution in [3.63, 3.8) is 0 Å². The van der Waals surface area contributed by atoms with Crippen molar-refractivity contribution < 1.29 is 4.79 Å². The van der Waals surface area contributed by atoms with Crippen LogP contribution in [0, 0.1) is 0 Å². The Balaban J connectivity index is 2.07.